The van der Waals surface area contributed by atoms with Crippen LogP contribution in [0, 0.1) is 5.82 Å². The average molecular weight is 196 g/mol. The van der Waals surface area contributed by atoms with Gasteiger partial charge >= 0.3 is 0 Å². The first kappa shape index (κ1) is 10.7. The van der Waals surface area contributed by atoms with Crippen LogP contribution in [-0.2, 0) is 4.79 Å². The van der Waals surface area contributed by atoms with E-state index in [-0.39, 0.29) is 0 Å². The molecule has 0 aliphatic carbocycles. The first-order valence-electron chi connectivity index (χ1n) is 4.44. The zero-order valence-electron chi connectivity index (χ0n) is 7.96. The molecule has 1 unspecified atom stereocenters. The van der Waals surface area contributed by atoms with Gasteiger partial charge in [-0.3, -0.25) is 4.79 Å². The van der Waals surface area contributed by atoms with Crippen LogP contribution in [0.1, 0.15) is 18.5 Å². The summed E-state index contributed by atoms with van der Waals surface area (Å²) in [6.07, 6.45) is 0. The summed E-state index contributed by atoms with van der Waals surface area (Å²) in [5.41, 5.74) is 5.45. The summed E-state index contributed by atoms with van der Waals surface area (Å²) in [6.45, 7) is 2.39. The van der Waals surface area contributed by atoms with Crippen LogP contribution in [0.25, 0.3) is 0 Å². The summed E-state index contributed by atoms with van der Waals surface area (Å²) in [4.78, 5) is 11.0. The number of primary amides is 1. The highest BCUT2D eigenvalue weighted by Gasteiger charge is 2.19. The van der Waals surface area contributed by atoms with Crippen molar-refractivity contribution in [3.05, 3.63) is 35.6 Å². The van der Waals surface area contributed by atoms with Crippen LogP contribution in [0.3, 0.4) is 0 Å². The van der Waals surface area contributed by atoms with Gasteiger partial charge in [-0.05, 0) is 12.6 Å². The Hall–Kier alpha value is -1.42. The Labute approximate surface area is 82.1 Å². The van der Waals surface area contributed by atoms with Crippen molar-refractivity contribution in [2.24, 2.45) is 5.73 Å². The van der Waals surface area contributed by atoms with Gasteiger partial charge in [-0.1, -0.05) is 25.1 Å². The number of amides is 1. The number of hydrogen-bond donors (Lipinski definition) is 2. The maximum atomic E-state index is 13.3. The highest BCUT2D eigenvalue weighted by atomic mass is 19.1. The van der Waals surface area contributed by atoms with Gasteiger partial charge in [-0.25, -0.2) is 4.39 Å². The quantitative estimate of drug-likeness (QED) is 0.753. The van der Waals surface area contributed by atoms with Crippen molar-refractivity contribution in [3.8, 4) is 0 Å². The lowest BCUT2D eigenvalue weighted by molar-refractivity contribution is -0.120. The molecule has 0 aliphatic rings. The summed E-state index contributed by atoms with van der Waals surface area (Å²) in [6, 6.07) is 5.35. The molecule has 0 radical (unpaired) electrons. The Balaban J connectivity index is 2.99. The molecule has 14 heavy (non-hydrogen) atoms. The standard InChI is InChI=1S/C10H13FN2O/c1-2-13-9(10(12)14)7-5-3-4-6-8(7)11/h3-6,9,13H,2H2,1H3,(H2,12,14). The summed E-state index contributed by atoms with van der Waals surface area (Å²) in [5, 5.41) is 2.82. The average Bonchev–Trinajstić information content (AvgIpc) is 2.15. The van der Waals surface area contributed by atoms with Gasteiger partial charge in [0.15, 0.2) is 0 Å². The first-order chi connectivity index (χ1) is 6.66. The number of halogens is 1. The second-order valence-corrected chi connectivity index (χ2v) is 2.91. The number of likely N-dealkylation sites (N-methyl/N-ethyl adjacent to an activating group) is 1. The van der Waals surface area contributed by atoms with E-state index in [9.17, 15) is 9.18 Å². The third kappa shape index (κ3) is 2.29. The van der Waals surface area contributed by atoms with E-state index < -0.39 is 17.8 Å². The summed E-state index contributed by atoms with van der Waals surface area (Å²) in [7, 11) is 0. The highest BCUT2D eigenvalue weighted by molar-refractivity contribution is 5.81. The van der Waals surface area contributed by atoms with Crippen LogP contribution >= 0.6 is 0 Å². The molecule has 76 valence electrons. The lowest BCUT2D eigenvalue weighted by Crippen LogP contribution is -2.34. The highest BCUT2D eigenvalue weighted by Crippen LogP contribution is 2.15. The van der Waals surface area contributed by atoms with E-state index in [1.165, 1.54) is 6.07 Å². The number of nitrogens with two attached hydrogens (primary N) is 1. The van der Waals surface area contributed by atoms with Gasteiger partial charge in [0.25, 0.3) is 0 Å². The topological polar surface area (TPSA) is 55.1 Å². The molecule has 0 saturated heterocycles. The Bertz CT molecular complexity index is 328. The Morgan fingerprint density at radius 2 is 2.21 bits per heavy atom. The van der Waals surface area contributed by atoms with E-state index >= 15 is 0 Å². The molecular formula is C10H13FN2O. The minimum absolute atomic E-state index is 0.293. The van der Waals surface area contributed by atoms with Gasteiger partial charge in [0.05, 0.1) is 0 Å². The van der Waals surface area contributed by atoms with Gasteiger partial charge in [0.2, 0.25) is 5.91 Å². The normalized spacial score (nSPS) is 12.4. The van der Waals surface area contributed by atoms with Crippen molar-refractivity contribution in [2.75, 3.05) is 6.54 Å². The third-order valence-corrected chi connectivity index (χ3v) is 1.91. The van der Waals surface area contributed by atoms with Crippen molar-refractivity contribution in [1.82, 2.24) is 5.32 Å². The number of carbonyl (C=O) groups excluding carboxylic acids is 1. The van der Waals surface area contributed by atoms with Crippen LogP contribution in [0.15, 0.2) is 24.3 Å². The minimum Gasteiger partial charge on any atom is -0.368 e. The lowest BCUT2D eigenvalue weighted by Gasteiger charge is -2.14. The Kier molecular flexibility index (Phi) is 3.59. The zero-order valence-corrected chi connectivity index (χ0v) is 7.96. The van der Waals surface area contributed by atoms with E-state index in [0.29, 0.717) is 12.1 Å². The van der Waals surface area contributed by atoms with Gasteiger partial charge in [-0.2, -0.15) is 0 Å². The van der Waals surface area contributed by atoms with Crippen LogP contribution in [-0.4, -0.2) is 12.5 Å². The van der Waals surface area contributed by atoms with Crippen molar-refractivity contribution >= 4 is 5.91 Å². The second-order valence-electron chi connectivity index (χ2n) is 2.91. The molecule has 3 nitrogen and oxygen atoms in total. The molecule has 1 aromatic rings. The van der Waals surface area contributed by atoms with Gasteiger partial charge in [0, 0.05) is 5.56 Å². The fourth-order valence-corrected chi connectivity index (χ4v) is 1.28. The molecule has 0 aromatic heterocycles. The van der Waals surface area contributed by atoms with Gasteiger partial charge in [0.1, 0.15) is 11.9 Å². The van der Waals surface area contributed by atoms with E-state index in [1.807, 2.05) is 6.92 Å². The van der Waals surface area contributed by atoms with E-state index in [4.69, 9.17) is 5.73 Å². The van der Waals surface area contributed by atoms with E-state index in [0.717, 1.165) is 0 Å². The predicted octanol–water partition coefficient (Wildman–Crippen LogP) is 0.962. The Morgan fingerprint density at radius 1 is 1.57 bits per heavy atom. The number of nitrogens with one attached hydrogen (secondary N) is 1. The summed E-state index contributed by atoms with van der Waals surface area (Å²) < 4.78 is 13.3. The maximum absolute atomic E-state index is 13.3. The first-order valence-corrected chi connectivity index (χ1v) is 4.44. The number of carbonyl (C=O) groups is 1. The van der Waals surface area contributed by atoms with Crippen molar-refractivity contribution in [3.63, 3.8) is 0 Å². The molecule has 0 bridgehead atoms. The van der Waals surface area contributed by atoms with Crippen LogP contribution < -0.4 is 11.1 Å². The third-order valence-electron chi connectivity index (χ3n) is 1.91. The molecule has 0 saturated carbocycles. The van der Waals surface area contributed by atoms with E-state index in [1.54, 1.807) is 18.2 Å². The van der Waals surface area contributed by atoms with Crippen LogP contribution in [0.4, 0.5) is 4.39 Å². The molecule has 0 fully saturated rings. The fourth-order valence-electron chi connectivity index (χ4n) is 1.28. The number of rotatable bonds is 4. The Morgan fingerprint density at radius 3 is 2.71 bits per heavy atom. The van der Waals surface area contributed by atoms with Crippen molar-refractivity contribution < 1.29 is 9.18 Å². The van der Waals surface area contributed by atoms with Gasteiger partial charge < -0.3 is 11.1 Å². The zero-order chi connectivity index (χ0) is 10.6. The lowest BCUT2D eigenvalue weighted by atomic mass is 10.1. The minimum atomic E-state index is -0.749. The molecular weight excluding hydrogens is 183 g/mol. The molecule has 3 N–H and O–H groups in total. The van der Waals surface area contributed by atoms with E-state index in [2.05, 4.69) is 5.32 Å². The largest absolute Gasteiger partial charge is 0.368 e. The summed E-state index contributed by atoms with van der Waals surface area (Å²) in [5.74, 6) is -0.991. The van der Waals surface area contributed by atoms with Gasteiger partial charge in [-0.15, -0.1) is 0 Å². The smallest absolute Gasteiger partial charge is 0.239 e. The molecule has 1 aromatic carbocycles. The molecule has 4 heteroatoms. The number of hydrogen-bond acceptors (Lipinski definition) is 2. The maximum Gasteiger partial charge on any atom is 0.239 e. The molecule has 1 rings (SSSR count). The van der Waals surface area contributed by atoms with Crippen molar-refractivity contribution in [1.29, 1.82) is 0 Å². The second kappa shape index (κ2) is 4.72. The SMILES string of the molecule is CCNC(C(N)=O)c1ccccc1F. The monoisotopic (exact) mass is 196 g/mol. The van der Waals surface area contributed by atoms with Crippen LogP contribution in [0.5, 0.6) is 0 Å². The predicted molar refractivity (Wildman–Crippen MR) is 52.0 cm³/mol. The molecule has 0 aliphatic heterocycles. The van der Waals surface area contributed by atoms with Crippen molar-refractivity contribution in [2.45, 2.75) is 13.0 Å². The fraction of sp³-hybridized carbons (Fsp3) is 0.300. The number of benzene rings is 1. The molecule has 1 amide bonds. The van der Waals surface area contributed by atoms with Crippen LogP contribution in [0.2, 0.25) is 0 Å². The summed E-state index contributed by atoms with van der Waals surface area (Å²) >= 11 is 0. The molecule has 0 heterocycles. The molecule has 1 atom stereocenters. The molecule has 0 spiro atoms.